The number of hydrogen-bond acceptors (Lipinski definition) is 3. The molecule has 0 spiro atoms. The standard InChI is InChI=1S/C10H10ClNO3/c1-6-3-4-9(12(14)15)8(5-6)10(13)7(2)11/h3-5,7H,1-2H3. The summed E-state index contributed by atoms with van der Waals surface area (Å²) in [5, 5.41) is 9.91. The number of hydrogen-bond donors (Lipinski definition) is 0. The summed E-state index contributed by atoms with van der Waals surface area (Å²) in [5.41, 5.74) is 0.668. The van der Waals surface area contributed by atoms with Gasteiger partial charge in [-0.2, -0.15) is 0 Å². The van der Waals surface area contributed by atoms with E-state index < -0.39 is 16.1 Å². The summed E-state index contributed by atoms with van der Waals surface area (Å²) in [7, 11) is 0. The van der Waals surface area contributed by atoms with Crippen LogP contribution in [0.2, 0.25) is 0 Å². The van der Waals surface area contributed by atoms with Gasteiger partial charge in [0.05, 0.1) is 15.9 Å². The second-order valence-corrected chi connectivity index (χ2v) is 3.91. The Morgan fingerprint density at radius 2 is 2.13 bits per heavy atom. The molecule has 1 aromatic carbocycles. The number of benzene rings is 1. The van der Waals surface area contributed by atoms with Crippen molar-refractivity contribution in [1.29, 1.82) is 0 Å². The average Bonchev–Trinajstić information content (AvgIpc) is 2.15. The number of alkyl halides is 1. The summed E-state index contributed by atoms with van der Waals surface area (Å²) in [4.78, 5) is 21.7. The number of Topliss-reactive ketones (excluding diaryl/α,β-unsaturated/α-hetero) is 1. The Balaban J connectivity index is 3.30. The van der Waals surface area contributed by atoms with E-state index in [0.717, 1.165) is 5.56 Å². The molecule has 0 bridgehead atoms. The number of ketones is 1. The Hall–Kier alpha value is -1.42. The third kappa shape index (κ3) is 2.53. The van der Waals surface area contributed by atoms with E-state index in [9.17, 15) is 14.9 Å². The first-order valence-electron chi connectivity index (χ1n) is 4.37. The van der Waals surface area contributed by atoms with Crippen LogP contribution in [0.3, 0.4) is 0 Å². The lowest BCUT2D eigenvalue weighted by Gasteiger charge is -2.04. The highest BCUT2D eigenvalue weighted by atomic mass is 35.5. The molecule has 0 fully saturated rings. The number of nitro groups is 1. The molecule has 0 aliphatic heterocycles. The van der Waals surface area contributed by atoms with Crippen molar-refractivity contribution in [1.82, 2.24) is 0 Å². The summed E-state index contributed by atoms with van der Waals surface area (Å²) >= 11 is 5.62. The molecule has 0 saturated carbocycles. The van der Waals surface area contributed by atoms with E-state index >= 15 is 0 Å². The number of aryl methyl sites for hydroxylation is 1. The zero-order valence-corrected chi connectivity index (χ0v) is 9.12. The lowest BCUT2D eigenvalue weighted by atomic mass is 10.0. The third-order valence-corrected chi connectivity index (χ3v) is 2.17. The van der Waals surface area contributed by atoms with Gasteiger partial charge in [-0.15, -0.1) is 11.6 Å². The van der Waals surface area contributed by atoms with Gasteiger partial charge < -0.3 is 0 Å². The number of nitro benzene ring substituents is 1. The molecule has 80 valence electrons. The SMILES string of the molecule is Cc1ccc([N+](=O)[O-])c(C(=O)C(C)Cl)c1. The Labute approximate surface area is 92.0 Å². The Kier molecular flexibility index (Phi) is 3.42. The van der Waals surface area contributed by atoms with Crippen molar-refractivity contribution in [3.05, 3.63) is 39.4 Å². The van der Waals surface area contributed by atoms with Crippen LogP contribution in [0, 0.1) is 17.0 Å². The minimum absolute atomic E-state index is 0.0718. The topological polar surface area (TPSA) is 60.2 Å². The van der Waals surface area contributed by atoms with E-state index in [-0.39, 0.29) is 11.3 Å². The fraction of sp³-hybridized carbons (Fsp3) is 0.300. The van der Waals surface area contributed by atoms with Crippen molar-refractivity contribution in [2.75, 3.05) is 0 Å². The molecule has 4 nitrogen and oxygen atoms in total. The quantitative estimate of drug-likeness (QED) is 0.345. The molecule has 0 saturated heterocycles. The Bertz CT molecular complexity index is 415. The molecule has 1 rings (SSSR count). The molecule has 0 radical (unpaired) electrons. The lowest BCUT2D eigenvalue weighted by Crippen LogP contribution is -2.12. The number of rotatable bonds is 3. The maximum absolute atomic E-state index is 11.6. The molecule has 1 unspecified atom stereocenters. The molecular formula is C10H10ClNO3. The second kappa shape index (κ2) is 4.40. The smallest absolute Gasteiger partial charge is 0.280 e. The van der Waals surface area contributed by atoms with Crippen LogP contribution in [0.15, 0.2) is 18.2 Å². The predicted octanol–water partition coefficient (Wildman–Crippen LogP) is 2.71. The molecular weight excluding hydrogens is 218 g/mol. The van der Waals surface area contributed by atoms with Crippen LogP contribution < -0.4 is 0 Å². The molecule has 1 aromatic rings. The van der Waals surface area contributed by atoms with Gasteiger partial charge in [0.1, 0.15) is 0 Å². The molecule has 15 heavy (non-hydrogen) atoms. The summed E-state index contributed by atoms with van der Waals surface area (Å²) in [5.74, 6) is -0.424. The summed E-state index contributed by atoms with van der Waals surface area (Å²) in [6, 6.07) is 4.40. The van der Waals surface area contributed by atoms with E-state index in [1.807, 2.05) is 0 Å². The number of halogens is 1. The Morgan fingerprint density at radius 1 is 1.53 bits per heavy atom. The summed E-state index contributed by atoms with van der Waals surface area (Å²) < 4.78 is 0. The van der Waals surface area contributed by atoms with Gasteiger partial charge >= 0.3 is 0 Å². The van der Waals surface area contributed by atoms with E-state index in [0.29, 0.717) is 0 Å². The van der Waals surface area contributed by atoms with E-state index in [2.05, 4.69) is 0 Å². The molecule has 5 heteroatoms. The van der Waals surface area contributed by atoms with Crippen LogP contribution in [-0.4, -0.2) is 16.1 Å². The first kappa shape index (κ1) is 11.7. The molecule has 0 aliphatic rings. The van der Waals surface area contributed by atoms with Crippen LogP contribution in [0.4, 0.5) is 5.69 Å². The van der Waals surface area contributed by atoms with Gasteiger partial charge in [0.15, 0.2) is 5.78 Å². The highest BCUT2D eigenvalue weighted by Gasteiger charge is 2.22. The minimum Gasteiger partial charge on any atom is -0.292 e. The normalized spacial score (nSPS) is 12.2. The highest BCUT2D eigenvalue weighted by molar-refractivity contribution is 6.34. The van der Waals surface area contributed by atoms with Crippen molar-refractivity contribution in [2.24, 2.45) is 0 Å². The van der Waals surface area contributed by atoms with E-state index in [4.69, 9.17) is 11.6 Å². The van der Waals surface area contributed by atoms with Gasteiger partial charge in [-0.05, 0) is 25.5 Å². The number of carbonyl (C=O) groups excluding carboxylic acids is 1. The summed E-state index contributed by atoms with van der Waals surface area (Å²) in [6.45, 7) is 3.26. The number of nitrogens with zero attached hydrogens (tertiary/aromatic N) is 1. The molecule has 0 aliphatic carbocycles. The molecule has 0 aromatic heterocycles. The highest BCUT2D eigenvalue weighted by Crippen LogP contribution is 2.22. The fourth-order valence-electron chi connectivity index (χ4n) is 1.22. The Morgan fingerprint density at radius 3 is 2.60 bits per heavy atom. The monoisotopic (exact) mass is 227 g/mol. The van der Waals surface area contributed by atoms with Gasteiger partial charge in [0.25, 0.3) is 5.69 Å². The zero-order valence-electron chi connectivity index (χ0n) is 8.36. The van der Waals surface area contributed by atoms with E-state index in [1.54, 1.807) is 13.0 Å². The van der Waals surface area contributed by atoms with Gasteiger partial charge in [-0.3, -0.25) is 14.9 Å². The van der Waals surface area contributed by atoms with Crippen LogP contribution in [0.1, 0.15) is 22.8 Å². The minimum atomic E-state index is -0.759. The fourth-order valence-corrected chi connectivity index (χ4v) is 1.34. The lowest BCUT2D eigenvalue weighted by molar-refractivity contribution is -0.385. The molecule has 0 heterocycles. The first-order valence-corrected chi connectivity index (χ1v) is 4.80. The third-order valence-electron chi connectivity index (χ3n) is 1.98. The maximum atomic E-state index is 11.6. The van der Waals surface area contributed by atoms with Gasteiger partial charge in [-0.25, -0.2) is 0 Å². The van der Waals surface area contributed by atoms with Crippen molar-refractivity contribution in [2.45, 2.75) is 19.2 Å². The van der Waals surface area contributed by atoms with Crippen molar-refractivity contribution in [3.63, 3.8) is 0 Å². The first-order chi connectivity index (χ1) is 6.93. The van der Waals surface area contributed by atoms with Crippen molar-refractivity contribution in [3.8, 4) is 0 Å². The van der Waals surface area contributed by atoms with Crippen LogP contribution >= 0.6 is 11.6 Å². The van der Waals surface area contributed by atoms with Crippen LogP contribution in [0.25, 0.3) is 0 Å². The predicted molar refractivity (Wildman–Crippen MR) is 57.5 cm³/mol. The van der Waals surface area contributed by atoms with E-state index in [1.165, 1.54) is 19.1 Å². The molecule has 1 atom stereocenters. The van der Waals surface area contributed by atoms with Crippen molar-refractivity contribution < 1.29 is 9.72 Å². The molecule has 0 N–H and O–H groups in total. The van der Waals surface area contributed by atoms with Gasteiger partial charge in [-0.1, -0.05) is 6.07 Å². The van der Waals surface area contributed by atoms with Crippen LogP contribution in [-0.2, 0) is 0 Å². The summed E-state index contributed by atoms with van der Waals surface area (Å²) in [6.07, 6.45) is 0. The average molecular weight is 228 g/mol. The largest absolute Gasteiger partial charge is 0.292 e. The maximum Gasteiger partial charge on any atom is 0.280 e. The number of carbonyl (C=O) groups is 1. The zero-order chi connectivity index (χ0) is 11.6. The van der Waals surface area contributed by atoms with Gasteiger partial charge in [0.2, 0.25) is 0 Å². The second-order valence-electron chi connectivity index (χ2n) is 3.26. The van der Waals surface area contributed by atoms with Gasteiger partial charge in [0, 0.05) is 6.07 Å². The molecule has 0 amide bonds. The van der Waals surface area contributed by atoms with Crippen molar-refractivity contribution >= 4 is 23.1 Å². The van der Waals surface area contributed by atoms with Crippen LogP contribution in [0.5, 0.6) is 0 Å².